The van der Waals surface area contributed by atoms with Crippen LogP contribution in [0, 0.1) is 17.2 Å². The van der Waals surface area contributed by atoms with Crippen molar-refractivity contribution >= 4 is 39.3 Å². The van der Waals surface area contributed by atoms with E-state index in [0.717, 1.165) is 5.56 Å². The van der Waals surface area contributed by atoms with E-state index < -0.39 is 46.3 Å². The van der Waals surface area contributed by atoms with Gasteiger partial charge in [-0.3, -0.25) is 14.4 Å². The van der Waals surface area contributed by atoms with E-state index in [1.54, 1.807) is 28.0 Å². The van der Waals surface area contributed by atoms with Crippen molar-refractivity contribution in [2.75, 3.05) is 48.3 Å². The number of carboxylic acids is 1. The van der Waals surface area contributed by atoms with Crippen LogP contribution in [0.5, 0.6) is 0 Å². The predicted molar refractivity (Wildman–Crippen MR) is 178 cm³/mol. The van der Waals surface area contributed by atoms with Gasteiger partial charge in [0.15, 0.2) is 5.78 Å². The molecule has 50 heavy (non-hydrogen) atoms. The van der Waals surface area contributed by atoms with Crippen LogP contribution >= 0.6 is 0 Å². The highest BCUT2D eigenvalue weighted by atomic mass is 32.2. The number of carboxylic acid groups (broad SMARTS) is 1. The summed E-state index contributed by atoms with van der Waals surface area (Å²) < 4.78 is 67.3. The van der Waals surface area contributed by atoms with Gasteiger partial charge in [0.05, 0.1) is 23.4 Å². The van der Waals surface area contributed by atoms with Crippen LogP contribution in [0.25, 0.3) is 0 Å². The molecule has 0 aliphatic carbocycles. The van der Waals surface area contributed by atoms with Gasteiger partial charge >= 0.3 is 12.1 Å². The number of hydrogen-bond acceptors (Lipinski definition) is 10. The zero-order chi connectivity index (χ0) is 36.3. The predicted octanol–water partition coefficient (Wildman–Crippen LogP) is 3.43. The fourth-order valence-corrected chi connectivity index (χ4v) is 7.13. The number of Topliss-reactive ketones (excluding diaryl/α,β-unsaturated/α-hetero) is 1. The standard InChI is InChI=1S/C33H42F3N7O6S/c34-33(35,36)32-40-28(42-17-13-24(14-18-42)5-2-8-30(45)38-15-19-50(48,49)39-22-31(46)47)20-29(41-32)43-16-3-6-26(43)27(44)7-1-4-23-9-11-25(21-37)12-10-23/h9-12,20,24,26,39H,1-8,13-19,22H2,(H,38,45)(H,46,47)/t26-/m0/s1. The third-order valence-corrected chi connectivity index (χ3v) is 10.3. The fraction of sp³-hybridized carbons (Fsp3) is 0.576. The number of halogens is 3. The Morgan fingerprint density at radius 2 is 1.70 bits per heavy atom. The van der Waals surface area contributed by atoms with E-state index in [1.807, 2.05) is 16.9 Å². The van der Waals surface area contributed by atoms with Crippen LogP contribution in [0.1, 0.15) is 74.7 Å². The van der Waals surface area contributed by atoms with Crippen LogP contribution < -0.4 is 19.8 Å². The summed E-state index contributed by atoms with van der Waals surface area (Å²) in [4.78, 5) is 47.1. The van der Waals surface area contributed by atoms with Gasteiger partial charge in [-0.1, -0.05) is 12.1 Å². The molecule has 1 aromatic heterocycles. The zero-order valence-corrected chi connectivity index (χ0v) is 28.4. The van der Waals surface area contributed by atoms with E-state index in [1.165, 1.54) is 0 Å². The summed E-state index contributed by atoms with van der Waals surface area (Å²) in [6.07, 6.45) is 0.706. The van der Waals surface area contributed by atoms with Gasteiger partial charge in [-0.25, -0.2) is 23.1 Å². The second kappa shape index (κ2) is 17.6. The average Bonchev–Trinajstić information content (AvgIpc) is 3.58. The smallest absolute Gasteiger partial charge is 0.451 e. The molecule has 1 amide bonds. The van der Waals surface area contributed by atoms with Crippen molar-refractivity contribution in [1.82, 2.24) is 20.0 Å². The summed E-state index contributed by atoms with van der Waals surface area (Å²) in [5.41, 5.74) is 1.55. The monoisotopic (exact) mass is 721 g/mol. The van der Waals surface area contributed by atoms with Crippen LogP contribution in [0.3, 0.4) is 0 Å². The molecule has 2 aliphatic heterocycles. The number of carbonyl (C=O) groups is 3. The largest absolute Gasteiger partial charge is 0.480 e. The highest BCUT2D eigenvalue weighted by Gasteiger charge is 2.38. The van der Waals surface area contributed by atoms with Gasteiger partial charge in [0.2, 0.25) is 21.8 Å². The lowest BCUT2D eigenvalue weighted by Crippen LogP contribution is -2.38. The average molecular weight is 722 g/mol. The maximum Gasteiger partial charge on any atom is 0.451 e. The number of alkyl halides is 3. The van der Waals surface area contributed by atoms with E-state index in [4.69, 9.17) is 10.4 Å². The Labute approximate surface area is 289 Å². The van der Waals surface area contributed by atoms with E-state index in [2.05, 4.69) is 21.4 Å². The lowest BCUT2D eigenvalue weighted by molar-refractivity contribution is -0.144. The molecule has 13 nitrogen and oxygen atoms in total. The van der Waals surface area contributed by atoms with Crippen molar-refractivity contribution in [1.29, 1.82) is 5.26 Å². The minimum absolute atomic E-state index is 0.0443. The van der Waals surface area contributed by atoms with E-state index in [0.29, 0.717) is 76.6 Å². The number of aliphatic carboxylic acids is 1. The number of amides is 1. The molecular weight excluding hydrogens is 679 g/mol. The van der Waals surface area contributed by atoms with E-state index in [-0.39, 0.29) is 48.6 Å². The molecule has 2 saturated heterocycles. The lowest BCUT2D eigenvalue weighted by Gasteiger charge is -2.34. The first kappa shape index (κ1) is 38.5. The van der Waals surface area contributed by atoms with Gasteiger partial charge in [0.25, 0.3) is 0 Å². The number of carbonyl (C=O) groups excluding carboxylic acids is 2. The maximum atomic E-state index is 14.0. The molecule has 2 aliphatic rings. The van der Waals surface area contributed by atoms with Crippen molar-refractivity contribution < 1.29 is 41.1 Å². The minimum atomic E-state index is -4.77. The number of aryl methyl sites for hydroxylation is 1. The first-order valence-electron chi connectivity index (χ1n) is 16.7. The molecule has 1 aromatic carbocycles. The Balaban J connectivity index is 1.28. The molecule has 0 saturated carbocycles. The van der Waals surface area contributed by atoms with Crippen molar-refractivity contribution in [2.24, 2.45) is 5.92 Å². The van der Waals surface area contributed by atoms with Crippen LogP contribution in [0.4, 0.5) is 24.8 Å². The highest BCUT2D eigenvalue weighted by Crippen LogP contribution is 2.34. The van der Waals surface area contributed by atoms with Crippen molar-refractivity contribution in [3.05, 3.63) is 47.3 Å². The molecule has 17 heteroatoms. The first-order chi connectivity index (χ1) is 23.7. The summed E-state index contributed by atoms with van der Waals surface area (Å²) in [7, 11) is -3.82. The number of nitriles is 1. The van der Waals surface area contributed by atoms with Gasteiger partial charge in [-0.15, -0.1) is 0 Å². The fourth-order valence-electron chi connectivity index (χ4n) is 6.27. The molecular formula is C33H42F3N7O6S. The third kappa shape index (κ3) is 11.7. The molecule has 3 heterocycles. The van der Waals surface area contributed by atoms with E-state index >= 15 is 0 Å². The first-order valence-corrected chi connectivity index (χ1v) is 18.3. The lowest BCUT2D eigenvalue weighted by atomic mass is 9.91. The Morgan fingerprint density at radius 3 is 2.36 bits per heavy atom. The van der Waals surface area contributed by atoms with Crippen LogP contribution in [-0.4, -0.2) is 85.7 Å². The molecule has 0 radical (unpaired) electrons. The number of sulfonamides is 1. The summed E-state index contributed by atoms with van der Waals surface area (Å²) in [6, 6.07) is 10.2. The minimum Gasteiger partial charge on any atom is -0.480 e. The second-order valence-electron chi connectivity index (χ2n) is 12.6. The molecule has 0 unspecified atom stereocenters. The van der Waals surface area contributed by atoms with Gasteiger partial charge in [0.1, 0.15) is 18.2 Å². The number of nitrogens with one attached hydrogen (secondary N) is 2. The molecule has 272 valence electrons. The second-order valence-corrected chi connectivity index (χ2v) is 14.5. The van der Waals surface area contributed by atoms with Crippen molar-refractivity contribution in [3.63, 3.8) is 0 Å². The summed E-state index contributed by atoms with van der Waals surface area (Å²) in [5.74, 6) is -2.89. The highest BCUT2D eigenvalue weighted by molar-refractivity contribution is 7.89. The van der Waals surface area contributed by atoms with E-state index in [9.17, 15) is 36.0 Å². The molecule has 1 atom stereocenters. The third-order valence-electron chi connectivity index (χ3n) is 8.93. The number of hydrogen-bond donors (Lipinski definition) is 3. The summed E-state index contributed by atoms with van der Waals surface area (Å²) >= 11 is 0. The molecule has 2 fully saturated rings. The van der Waals surface area contributed by atoms with Gasteiger partial charge in [-0.2, -0.15) is 18.4 Å². The number of aromatic nitrogens is 2. The van der Waals surface area contributed by atoms with Crippen LogP contribution in [0.15, 0.2) is 30.3 Å². The number of benzene rings is 1. The Kier molecular flexibility index (Phi) is 13.5. The van der Waals surface area contributed by atoms with Crippen molar-refractivity contribution in [2.45, 2.75) is 76.4 Å². The van der Waals surface area contributed by atoms with Crippen LogP contribution in [0.2, 0.25) is 0 Å². The topological polar surface area (TPSA) is 186 Å². The SMILES string of the molecule is N#Cc1ccc(CCCC(=O)[C@@H]2CCCN2c2cc(N3CCC(CCCC(=O)NCCS(=O)(=O)NCC(=O)O)CC3)nc(C(F)(F)F)n2)cc1. The molecule has 3 N–H and O–H groups in total. The molecule has 4 rings (SSSR count). The summed E-state index contributed by atoms with van der Waals surface area (Å²) in [6.45, 7) is 0.444. The molecule has 0 bridgehead atoms. The van der Waals surface area contributed by atoms with Crippen LogP contribution in [-0.2, 0) is 37.0 Å². The van der Waals surface area contributed by atoms with Crippen molar-refractivity contribution in [3.8, 4) is 6.07 Å². The van der Waals surface area contributed by atoms with Gasteiger partial charge in [-0.05, 0) is 75.0 Å². The number of rotatable bonds is 17. The number of piperidine rings is 1. The van der Waals surface area contributed by atoms with Gasteiger partial charge in [0, 0.05) is 45.1 Å². The maximum absolute atomic E-state index is 14.0. The normalized spacial score (nSPS) is 17.0. The van der Waals surface area contributed by atoms with Gasteiger partial charge < -0.3 is 20.2 Å². The zero-order valence-electron chi connectivity index (χ0n) is 27.6. The Morgan fingerprint density at radius 1 is 1.00 bits per heavy atom. The quantitative estimate of drug-likeness (QED) is 0.217. The Hall–Kier alpha value is -4.30. The number of ketones is 1. The summed E-state index contributed by atoms with van der Waals surface area (Å²) in [5, 5.41) is 20.1. The number of anilines is 2. The molecule has 2 aromatic rings. The molecule has 0 spiro atoms. The number of nitrogens with zero attached hydrogens (tertiary/aromatic N) is 5. The Bertz CT molecular complexity index is 1640.